The fraction of sp³-hybridized carbons (Fsp3) is 0.200. The molecule has 2 N–H and O–H groups in total. The summed E-state index contributed by atoms with van der Waals surface area (Å²) >= 11 is 0. The second kappa shape index (κ2) is 8.99. The van der Waals surface area contributed by atoms with Crippen LogP contribution in [0.1, 0.15) is 27.9 Å². The minimum Gasteiger partial charge on any atom is -0.475 e. The summed E-state index contributed by atoms with van der Waals surface area (Å²) in [6.45, 7) is -0.172. The molecule has 1 aromatic heterocycles. The van der Waals surface area contributed by atoms with Crippen LogP contribution >= 0.6 is 0 Å². The summed E-state index contributed by atoms with van der Waals surface area (Å²) < 4.78 is 82.7. The zero-order valence-corrected chi connectivity index (χ0v) is 16.8. The lowest BCUT2D eigenvalue weighted by Crippen LogP contribution is -2.19. The number of ether oxygens (including phenoxy) is 2. The second-order valence-electron chi connectivity index (χ2n) is 6.69. The summed E-state index contributed by atoms with van der Waals surface area (Å²) in [6, 6.07) is 6.07. The first-order chi connectivity index (χ1) is 15.0. The molecular weight excluding hydrogens is 438 g/mol. The minimum atomic E-state index is -4.48. The number of carbonyl (C=O) groups excluding carboxylic acids is 1. The largest absolute Gasteiger partial charge is 0.475 e. The van der Waals surface area contributed by atoms with Crippen molar-refractivity contribution in [3.63, 3.8) is 0 Å². The second-order valence-corrected chi connectivity index (χ2v) is 6.69. The number of carbonyl (C=O) groups is 1. The number of hydrogen-bond acceptors (Lipinski definition) is 5. The van der Waals surface area contributed by atoms with Crippen LogP contribution in [0.3, 0.4) is 0 Å². The van der Waals surface area contributed by atoms with Gasteiger partial charge in [0.2, 0.25) is 5.89 Å². The molecule has 1 amide bonds. The van der Waals surface area contributed by atoms with Gasteiger partial charge in [-0.1, -0.05) is 12.1 Å². The van der Waals surface area contributed by atoms with Gasteiger partial charge >= 0.3 is 6.18 Å². The summed E-state index contributed by atoms with van der Waals surface area (Å²) in [5.41, 5.74) is 4.09. The van der Waals surface area contributed by atoms with Gasteiger partial charge < -0.3 is 19.6 Å². The first-order valence-corrected chi connectivity index (χ1v) is 9.11. The van der Waals surface area contributed by atoms with Gasteiger partial charge in [0.15, 0.2) is 25.5 Å². The van der Waals surface area contributed by atoms with Crippen LogP contribution in [0.4, 0.5) is 22.0 Å². The number of benzene rings is 2. The van der Waals surface area contributed by atoms with E-state index in [0.717, 1.165) is 24.3 Å². The highest BCUT2D eigenvalue weighted by molar-refractivity contribution is 6.33. The molecule has 1 unspecified atom stereocenters. The third-order valence-corrected chi connectivity index (χ3v) is 4.46. The number of methoxy groups -OCH3 is 1. The fourth-order valence-electron chi connectivity index (χ4n) is 2.95. The minimum absolute atomic E-state index is 0.0661. The molecule has 3 aromatic rings. The predicted molar refractivity (Wildman–Crippen MR) is 105 cm³/mol. The quantitative estimate of drug-likeness (QED) is 0.439. The van der Waals surface area contributed by atoms with Crippen LogP contribution in [0.15, 0.2) is 40.8 Å². The lowest BCUT2D eigenvalue weighted by atomic mass is 9.98. The molecule has 0 spiro atoms. The van der Waals surface area contributed by atoms with E-state index in [1.54, 1.807) is 0 Å². The van der Waals surface area contributed by atoms with Crippen LogP contribution in [0, 0.1) is 11.6 Å². The maximum atomic E-state index is 14.5. The smallest absolute Gasteiger partial charge is 0.416 e. The third kappa shape index (κ3) is 4.74. The summed E-state index contributed by atoms with van der Waals surface area (Å²) in [6.07, 6.45) is -5.61. The Hall–Kier alpha value is -3.41. The van der Waals surface area contributed by atoms with Crippen molar-refractivity contribution >= 4 is 19.4 Å². The SMILES string of the molecule is Bc1oc(C(COC)Oc2ccc(F)c(C(N)=O)c2F)nc1-c1ccc(C(F)(F)F)cc1. The van der Waals surface area contributed by atoms with Gasteiger partial charge in [0.05, 0.1) is 17.8 Å². The van der Waals surface area contributed by atoms with Crippen LogP contribution < -0.4 is 16.1 Å². The van der Waals surface area contributed by atoms with E-state index >= 15 is 0 Å². The Bertz CT molecular complexity index is 1130. The number of primary amides is 1. The summed E-state index contributed by atoms with van der Waals surface area (Å²) in [5.74, 6) is -4.32. The molecule has 2 aromatic carbocycles. The van der Waals surface area contributed by atoms with Crippen molar-refractivity contribution in [3.8, 4) is 17.0 Å². The molecule has 3 rings (SSSR count). The molecule has 168 valence electrons. The Morgan fingerprint density at radius 1 is 1.19 bits per heavy atom. The third-order valence-electron chi connectivity index (χ3n) is 4.46. The van der Waals surface area contributed by atoms with Crippen molar-refractivity contribution in [3.05, 3.63) is 65.1 Å². The van der Waals surface area contributed by atoms with Crippen molar-refractivity contribution in [2.75, 3.05) is 13.7 Å². The van der Waals surface area contributed by atoms with Crippen molar-refractivity contribution < 1.29 is 40.6 Å². The van der Waals surface area contributed by atoms with Crippen LogP contribution in [0.25, 0.3) is 11.3 Å². The molecule has 0 aliphatic carbocycles. The van der Waals surface area contributed by atoms with E-state index in [2.05, 4.69) is 4.98 Å². The first-order valence-electron chi connectivity index (χ1n) is 9.11. The summed E-state index contributed by atoms with van der Waals surface area (Å²) in [5, 5.41) is 0. The molecule has 0 fully saturated rings. The van der Waals surface area contributed by atoms with Gasteiger partial charge in [0, 0.05) is 12.7 Å². The van der Waals surface area contributed by atoms with Crippen LogP contribution in [-0.2, 0) is 10.9 Å². The Morgan fingerprint density at radius 2 is 1.84 bits per heavy atom. The number of hydrogen-bond donors (Lipinski definition) is 1. The predicted octanol–water partition coefficient (Wildman–Crippen LogP) is 2.76. The van der Waals surface area contributed by atoms with Crippen molar-refractivity contribution in [2.45, 2.75) is 12.3 Å². The Morgan fingerprint density at radius 3 is 2.41 bits per heavy atom. The fourth-order valence-corrected chi connectivity index (χ4v) is 2.95. The summed E-state index contributed by atoms with van der Waals surface area (Å²) in [7, 11) is 2.87. The molecule has 0 saturated heterocycles. The zero-order chi connectivity index (χ0) is 23.6. The molecule has 1 atom stereocenters. The van der Waals surface area contributed by atoms with E-state index < -0.39 is 46.7 Å². The monoisotopic (exact) mass is 454 g/mol. The number of nitrogens with two attached hydrogens (primary N) is 1. The van der Waals surface area contributed by atoms with E-state index in [1.165, 1.54) is 27.1 Å². The summed E-state index contributed by atoms with van der Waals surface area (Å²) in [4.78, 5) is 15.6. The molecule has 0 bridgehead atoms. The lowest BCUT2D eigenvalue weighted by molar-refractivity contribution is -0.137. The molecule has 0 radical (unpaired) electrons. The maximum Gasteiger partial charge on any atom is 0.416 e. The van der Waals surface area contributed by atoms with Gasteiger partial charge in [-0.05, 0) is 24.3 Å². The average Bonchev–Trinajstić information content (AvgIpc) is 3.10. The van der Waals surface area contributed by atoms with E-state index in [4.69, 9.17) is 19.6 Å². The number of nitrogens with zero attached hydrogens (tertiary/aromatic N) is 1. The number of amides is 1. The molecular formula is C20H16BF5N2O4. The number of alkyl halides is 3. The van der Waals surface area contributed by atoms with E-state index in [-0.39, 0.29) is 23.9 Å². The first kappa shape index (κ1) is 23.3. The van der Waals surface area contributed by atoms with Gasteiger partial charge in [0.1, 0.15) is 17.1 Å². The van der Waals surface area contributed by atoms with Crippen molar-refractivity contribution in [1.82, 2.24) is 4.98 Å². The normalized spacial score (nSPS) is 12.6. The average molecular weight is 454 g/mol. The number of rotatable bonds is 7. The van der Waals surface area contributed by atoms with E-state index in [9.17, 15) is 26.7 Å². The lowest BCUT2D eigenvalue weighted by Gasteiger charge is -2.16. The topological polar surface area (TPSA) is 87.6 Å². The highest BCUT2D eigenvalue weighted by Gasteiger charge is 2.30. The molecule has 6 nitrogen and oxygen atoms in total. The molecule has 0 aliphatic heterocycles. The van der Waals surface area contributed by atoms with Gasteiger partial charge in [-0.3, -0.25) is 4.79 Å². The Balaban J connectivity index is 1.94. The van der Waals surface area contributed by atoms with Crippen molar-refractivity contribution in [1.29, 1.82) is 0 Å². The van der Waals surface area contributed by atoms with E-state index in [1.807, 2.05) is 0 Å². The van der Waals surface area contributed by atoms with Crippen LogP contribution in [-0.4, -0.2) is 32.5 Å². The van der Waals surface area contributed by atoms with Gasteiger partial charge in [0.25, 0.3) is 5.91 Å². The van der Waals surface area contributed by atoms with Crippen LogP contribution in [0.2, 0.25) is 0 Å². The van der Waals surface area contributed by atoms with E-state index in [0.29, 0.717) is 5.56 Å². The highest BCUT2D eigenvalue weighted by atomic mass is 19.4. The maximum absolute atomic E-state index is 14.5. The molecule has 32 heavy (non-hydrogen) atoms. The van der Waals surface area contributed by atoms with Gasteiger partial charge in [-0.2, -0.15) is 13.2 Å². The Kier molecular flexibility index (Phi) is 6.54. The van der Waals surface area contributed by atoms with Crippen molar-refractivity contribution in [2.24, 2.45) is 5.73 Å². The number of halogens is 5. The standard InChI is InChI=1S/C20H16BF5N2O4/c1-30-8-13(31-12-7-6-11(22)14(15(12)23)18(27)29)19-28-16(17(21)32-19)9-2-4-10(5-3-9)20(24,25)26/h2-7,13H,8,21H2,1H3,(H2,27,29). The molecule has 1 heterocycles. The molecule has 12 heteroatoms. The number of aromatic nitrogens is 1. The highest BCUT2D eigenvalue weighted by Crippen LogP contribution is 2.32. The number of oxazole rings is 1. The van der Waals surface area contributed by atoms with Gasteiger partial charge in [-0.15, -0.1) is 0 Å². The van der Waals surface area contributed by atoms with Crippen LogP contribution in [0.5, 0.6) is 5.75 Å². The molecule has 0 aliphatic rings. The zero-order valence-electron chi connectivity index (χ0n) is 16.8. The molecule has 0 saturated carbocycles. The Labute approximate surface area is 179 Å². The van der Waals surface area contributed by atoms with Gasteiger partial charge in [-0.25, -0.2) is 13.8 Å².